The van der Waals surface area contributed by atoms with Gasteiger partial charge in [0.1, 0.15) is 0 Å². The SMILES string of the molecule is CCc1ccc[n+](-c2c(O)c(=O)c2=O)c1. The first-order valence-corrected chi connectivity index (χ1v) is 4.68. The van der Waals surface area contributed by atoms with Crippen LogP contribution < -0.4 is 15.4 Å². The van der Waals surface area contributed by atoms with Gasteiger partial charge in [0, 0.05) is 11.6 Å². The second-order valence-electron chi connectivity index (χ2n) is 3.33. The molecule has 0 saturated heterocycles. The Hall–Kier alpha value is -1.97. The van der Waals surface area contributed by atoms with Crippen molar-refractivity contribution < 1.29 is 9.67 Å². The average Bonchev–Trinajstić information content (AvgIpc) is 2.29. The molecule has 1 heterocycles. The molecule has 4 nitrogen and oxygen atoms in total. The van der Waals surface area contributed by atoms with E-state index >= 15 is 0 Å². The largest absolute Gasteiger partial charge is 0.499 e. The van der Waals surface area contributed by atoms with E-state index in [4.69, 9.17) is 0 Å². The summed E-state index contributed by atoms with van der Waals surface area (Å²) in [6, 6.07) is 3.69. The molecule has 0 unspecified atom stereocenters. The molecular formula is C11H10NO3+. The van der Waals surface area contributed by atoms with Crippen LogP contribution in [-0.2, 0) is 6.42 Å². The van der Waals surface area contributed by atoms with Crippen LogP contribution in [-0.4, -0.2) is 5.11 Å². The molecule has 1 aromatic carbocycles. The molecule has 4 heteroatoms. The average molecular weight is 204 g/mol. The molecule has 0 bridgehead atoms. The predicted octanol–water partition coefficient (Wildman–Crippen LogP) is -0.173. The van der Waals surface area contributed by atoms with Gasteiger partial charge in [-0.05, 0) is 12.5 Å². The fourth-order valence-corrected chi connectivity index (χ4v) is 1.48. The zero-order valence-corrected chi connectivity index (χ0v) is 8.23. The number of aryl methyl sites for hydroxylation is 1. The van der Waals surface area contributed by atoms with E-state index in [1.807, 2.05) is 13.0 Å². The van der Waals surface area contributed by atoms with Gasteiger partial charge < -0.3 is 5.11 Å². The summed E-state index contributed by atoms with van der Waals surface area (Å²) in [5.41, 5.74) is -0.342. The number of rotatable bonds is 2. The molecule has 0 spiro atoms. The van der Waals surface area contributed by atoms with Crippen molar-refractivity contribution in [1.29, 1.82) is 0 Å². The third-order valence-electron chi connectivity index (χ3n) is 2.39. The van der Waals surface area contributed by atoms with Gasteiger partial charge in [-0.25, -0.2) is 0 Å². The van der Waals surface area contributed by atoms with Gasteiger partial charge in [-0.15, -0.1) is 0 Å². The summed E-state index contributed by atoms with van der Waals surface area (Å²) in [7, 11) is 0. The highest BCUT2D eigenvalue weighted by molar-refractivity contribution is 5.44. The maximum absolute atomic E-state index is 11.2. The van der Waals surface area contributed by atoms with Crippen molar-refractivity contribution in [1.82, 2.24) is 0 Å². The lowest BCUT2D eigenvalue weighted by molar-refractivity contribution is -0.598. The molecule has 0 fully saturated rings. The summed E-state index contributed by atoms with van der Waals surface area (Å²) in [5.74, 6) is -0.446. The second kappa shape index (κ2) is 3.31. The highest BCUT2D eigenvalue weighted by atomic mass is 16.3. The summed E-state index contributed by atoms with van der Waals surface area (Å²) in [6.45, 7) is 1.99. The minimum atomic E-state index is -0.806. The van der Waals surface area contributed by atoms with E-state index in [1.54, 1.807) is 18.5 Å². The molecule has 0 saturated carbocycles. The Morgan fingerprint density at radius 1 is 1.33 bits per heavy atom. The molecule has 0 aliphatic rings. The molecule has 0 atom stereocenters. The van der Waals surface area contributed by atoms with Crippen LogP contribution in [0.5, 0.6) is 5.75 Å². The van der Waals surface area contributed by atoms with E-state index < -0.39 is 16.6 Å². The Morgan fingerprint density at radius 3 is 2.67 bits per heavy atom. The number of nitrogens with zero attached hydrogens (tertiary/aromatic N) is 1. The van der Waals surface area contributed by atoms with Gasteiger partial charge in [-0.2, -0.15) is 4.57 Å². The molecule has 1 aromatic heterocycles. The Morgan fingerprint density at radius 2 is 2.07 bits per heavy atom. The van der Waals surface area contributed by atoms with E-state index in [-0.39, 0.29) is 5.69 Å². The van der Waals surface area contributed by atoms with Crippen molar-refractivity contribution in [3.63, 3.8) is 0 Å². The number of pyridine rings is 1. The molecule has 0 amide bonds. The first kappa shape index (κ1) is 9.58. The van der Waals surface area contributed by atoms with E-state index in [9.17, 15) is 14.7 Å². The van der Waals surface area contributed by atoms with Crippen LogP contribution in [0.25, 0.3) is 5.69 Å². The van der Waals surface area contributed by atoms with Crippen LogP contribution >= 0.6 is 0 Å². The lowest BCUT2D eigenvalue weighted by atomic mass is 10.2. The quantitative estimate of drug-likeness (QED) is 0.545. The van der Waals surface area contributed by atoms with Gasteiger partial charge in [-0.3, -0.25) is 9.59 Å². The Kier molecular flexibility index (Phi) is 2.11. The van der Waals surface area contributed by atoms with Crippen molar-refractivity contribution in [2.75, 3.05) is 0 Å². The minimum absolute atomic E-state index is 0.0651. The van der Waals surface area contributed by atoms with Crippen molar-refractivity contribution in [2.45, 2.75) is 13.3 Å². The summed E-state index contributed by atoms with van der Waals surface area (Å²) in [6.07, 6.45) is 4.20. The minimum Gasteiger partial charge on any atom is -0.499 e. The van der Waals surface area contributed by atoms with Gasteiger partial charge in [0.05, 0.1) is 0 Å². The summed E-state index contributed by atoms with van der Waals surface area (Å²) >= 11 is 0. The van der Waals surface area contributed by atoms with E-state index in [0.717, 1.165) is 12.0 Å². The van der Waals surface area contributed by atoms with Crippen LogP contribution in [0.3, 0.4) is 0 Å². The topological polar surface area (TPSA) is 58.2 Å². The van der Waals surface area contributed by atoms with E-state index in [2.05, 4.69) is 0 Å². The third kappa shape index (κ3) is 1.34. The molecule has 2 aromatic rings. The monoisotopic (exact) mass is 204 g/mol. The van der Waals surface area contributed by atoms with Crippen LogP contribution in [0.15, 0.2) is 34.1 Å². The van der Waals surface area contributed by atoms with Crippen molar-refractivity contribution in [3.8, 4) is 11.4 Å². The maximum Gasteiger partial charge on any atom is 0.309 e. The van der Waals surface area contributed by atoms with Crippen LogP contribution in [0.2, 0.25) is 0 Å². The third-order valence-corrected chi connectivity index (χ3v) is 2.39. The fourth-order valence-electron chi connectivity index (χ4n) is 1.48. The summed E-state index contributed by atoms with van der Waals surface area (Å²) in [4.78, 5) is 22.0. The summed E-state index contributed by atoms with van der Waals surface area (Å²) < 4.78 is 1.48. The Balaban J connectivity index is 2.56. The first-order valence-electron chi connectivity index (χ1n) is 4.68. The molecule has 1 N–H and O–H groups in total. The molecule has 76 valence electrons. The van der Waals surface area contributed by atoms with Gasteiger partial charge in [-0.1, -0.05) is 6.92 Å². The van der Waals surface area contributed by atoms with E-state index in [1.165, 1.54) is 4.57 Å². The van der Waals surface area contributed by atoms with Gasteiger partial charge in [0.2, 0.25) is 5.75 Å². The van der Waals surface area contributed by atoms with Gasteiger partial charge >= 0.3 is 11.1 Å². The van der Waals surface area contributed by atoms with Gasteiger partial charge in [0.15, 0.2) is 12.4 Å². The van der Waals surface area contributed by atoms with Crippen molar-refractivity contribution in [3.05, 3.63) is 50.5 Å². The maximum atomic E-state index is 11.2. The lowest BCUT2D eigenvalue weighted by Crippen LogP contribution is -2.46. The molecular weight excluding hydrogens is 194 g/mol. The zero-order chi connectivity index (χ0) is 11.0. The Bertz CT molecular complexity index is 579. The first-order chi connectivity index (χ1) is 7.15. The van der Waals surface area contributed by atoms with Crippen LogP contribution in [0, 0.1) is 0 Å². The number of aromatic nitrogens is 1. The predicted molar refractivity (Wildman–Crippen MR) is 53.9 cm³/mol. The molecule has 0 radical (unpaired) electrons. The van der Waals surface area contributed by atoms with Crippen LogP contribution in [0.1, 0.15) is 12.5 Å². The lowest BCUT2D eigenvalue weighted by Gasteiger charge is -2.00. The molecule has 15 heavy (non-hydrogen) atoms. The highest BCUT2D eigenvalue weighted by Crippen LogP contribution is 2.07. The smallest absolute Gasteiger partial charge is 0.309 e. The standard InChI is InChI=1S/C11H9NO3/c1-2-7-4-3-5-12(6-7)8-9(13)11(15)10(8)14/h3-6H,2H2,1H3/p+1. The van der Waals surface area contributed by atoms with E-state index in [0.29, 0.717) is 0 Å². The molecule has 0 aliphatic heterocycles. The molecule has 0 aliphatic carbocycles. The van der Waals surface area contributed by atoms with Crippen molar-refractivity contribution in [2.24, 2.45) is 0 Å². The number of hydrogen-bond donors (Lipinski definition) is 1. The Labute approximate surface area is 85.7 Å². The number of aromatic hydroxyl groups is 1. The number of hydrogen-bond acceptors (Lipinski definition) is 3. The second-order valence-corrected chi connectivity index (χ2v) is 3.33. The van der Waals surface area contributed by atoms with Gasteiger partial charge in [0.25, 0.3) is 5.43 Å². The fraction of sp³-hybridized carbons (Fsp3) is 0.182. The normalized spacial score (nSPS) is 10.7. The summed E-state index contributed by atoms with van der Waals surface area (Å²) in [5, 5.41) is 9.25. The van der Waals surface area contributed by atoms with Crippen LogP contribution in [0.4, 0.5) is 0 Å². The molecule has 2 rings (SSSR count). The zero-order valence-electron chi connectivity index (χ0n) is 8.23. The highest BCUT2D eigenvalue weighted by Gasteiger charge is 2.29. The van der Waals surface area contributed by atoms with Crippen molar-refractivity contribution >= 4 is 0 Å².